The molecule has 0 aromatic rings. The number of allylic oxidation sites excluding steroid dienone is 18. The average Bonchev–Trinajstić information content (AvgIpc) is 3.45. The van der Waals surface area contributed by atoms with E-state index < -0.39 is 6.10 Å². The highest BCUT2D eigenvalue weighted by Crippen LogP contribution is 2.16. The van der Waals surface area contributed by atoms with Gasteiger partial charge in [0, 0.05) is 19.3 Å². The van der Waals surface area contributed by atoms with Crippen molar-refractivity contribution in [3.8, 4) is 0 Å². The first-order valence-electron chi connectivity index (χ1n) is 33.4. The van der Waals surface area contributed by atoms with Crippen LogP contribution in [-0.2, 0) is 28.6 Å². The van der Waals surface area contributed by atoms with E-state index in [-0.39, 0.29) is 31.1 Å². The molecule has 0 saturated heterocycles. The molecule has 6 heteroatoms. The molecule has 0 radical (unpaired) electrons. The molecule has 0 bridgehead atoms. The van der Waals surface area contributed by atoms with Crippen LogP contribution in [0.1, 0.15) is 316 Å². The minimum atomic E-state index is -0.789. The number of carbonyl (C=O) groups excluding carboxylic acids is 3. The van der Waals surface area contributed by atoms with E-state index in [1.165, 1.54) is 154 Å². The van der Waals surface area contributed by atoms with E-state index in [9.17, 15) is 14.4 Å². The van der Waals surface area contributed by atoms with Crippen LogP contribution in [0, 0.1) is 0 Å². The summed E-state index contributed by atoms with van der Waals surface area (Å²) in [7, 11) is 0. The van der Waals surface area contributed by atoms with Gasteiger partial charge in [-0.3, -0.25) is 14.4 Å². The number of esters is 3. The Morgan fingerprint density at radius 2 is 0.506 bits per heavy atom. The molecular weight excluding hydrogens is 973 g/mol. The Bertz CT molecular complexity index is 1590. The van der Waals surface area contributed by atoms with Gasteiger partial charge in [0.25, 0.3) is 0 Å². The Balaban J connectivity index is 4.21. The van der Waals surface area contributed by atoms with Crippen molar-refractivity contribution in [1.29, 1.82) is 0 Å². The second-order valence-corrected chi connectivity index (χ2v) is 22.0. The third-order valence-electron chi connectivity index (χ3n) is 14.2. The number of ether oxygens (including phenoxy) is 3. The number of unbranched alkanes of at least 4 members (excludes halogenated alkanes) is 31. The zero-order valence-electron chi connectivity index (χ0n) is 51.9. The van der Waals surface area contributed by atoms with Gasteiger partial charge < -0.3 is 14.2 Å². The fourth-order valence-corrected chi connectivity index (χ4v) is 9.22. The van der Waals surface area contributed by atoms with Crippen molar-refractivity contribution in [2.45, 2.75) is 322 Å². The van der Waals surface area contributed by atoms with Gasteiger partial charge in [0.1, 0.15) is 13.2 Å². The summed E-state index contributed by atoms with van der Waals surface area (Å²) < 4.78 is 16.9. The smallest absolute Gasteiger partial charge is 0.306 e. The molecule has 1 unspecified atom stereocenters. The summed E-state index contributed by atoms with van der Waals surface area (Å²) in [5, 5.41) is 0. The second kappa shape index (κ2) is 66.6. The summed E-state index contributed by atoms with van der Waals surface area (Å²) in [6.07, 6.45) is 91.1. The first kappa shape index (κ1) is 75.1. The summed E-state index contributed by atoms with van der Waals surface area (Å²) in [6, 6.07) is 0. The van der Waals surface area contributed by atoms with Gasteiger partial charge in [-0.2, -0.15) is 0 Å². The molecule has 0 aromatic heterocycles. The Hall–Kier alpha value is -3.93. The third kappa shape index (κ3) is 64.8. The lowest BCUT2D eigenvalue weighted by atomic mass is 10.0. The minimum Gasteiger partial charge on any atom is -0.462 e. The van der Waals surface area contributed by atoms with Gasteiger partial charge in [-0.05, 0) is 122 Å². The van der Waals surface area contributed by atoms with Crippen LogP contribution in [0.25, 0.3) is 0 Å². The van der Waals surface area contributed by atoms with E-state index in [4.69, 9.17) is 14.2 Å². The first-order chi connectivity index (χ1) is 39.0. The van der Waals surface area contributed by atoms with Crippen molar-refractivity contribution in [3.63, 3.8) is 0 Å². The molecular formula is C73H124O6. The molecule has 0 saturated carbocycles. The van der Waals surface area contributed by atoms with Crippen LogP contribution in [-0.4, -0.2) is 37.2 Å². The lowest BCUT2D eigenvalue weighted by Gasteiger charge is -2.18. The SMILES string of the molecule is CC/C=C\C/C=C\C/C=C\C/C=C\C/C=C\CCCCCCCCCCCCCCCCCC(=O)OCC(COC(=O)CCCCCCC/C=C\CCCC)OC(=O)CCCCCCCC/C=C\C/C=C\C/C=C\CCCCC. The molecule has 0 heterocycles. The third-order valence-corrected chi connectivity index (χ3v) is 14.2. The summed E-state index contributed by atoms with van der Waals surface area (Å²) in [4.78, 5) is 38.3. The van der Waals surface area contributed by atoms with Crippen LogP contribution in [0.2, 0.25) is 0 Å². The lowest BCUT2D eigenvalue weighted by molar-refractivity contribution is -0.167. The van der Waals surface area contributed by atoms with Gasteiger partial charge in [0.2, 0.25) is 0 Å². The van der Waals surface area contributed by atoms with E-state index in [0.717, 1.165) is 122 Å². The molecule has 0 N–H and O–H groups in total. The van der Waals surface area contributed by atoms with Crippen molar-refractivity contribution >= 4 is 17.9 Å². The van der Waals surface area contributed by atoms with Crippen LogP contribution in [0.3, 0.4) is 0 Å². The summed E-state index contributed by atoms with van der Waals surface area (Å²) >= 11 is 0. The molecule has 79 heavy (non-hydrogen) atoms. The summed E-state index contributed by atoms with van der Waals surface area (Å²) in [6.45, 7) is 6.46. The van der Waals surface area contributed by atoms with E-state index >= 15 is 0 Å². The standard InChI is InChI=1S/C73H124O6/c1-4-7-10-13-16-19-22-24-26-28-30-31-32-33-34-35-36-37-38-39-40-41-43-44-46-48-51-54-57-60-63-66-72(75)78-69-70(68-77-71(74)65-62-59-56-53-50-21-18-15-12-9-6-3)79-73(76)67-64-61-58-55-52-49-47-45-42-29-27-25-23-20-17-14-11-8-5-2/h7,10,15-20,24-27,30-31,33-34,42,45,70H,4-6,8-9,11-14,21-23,28-29,32,35-41,43-44,46-69H2,1-3H3/b10-7-,18-15-,19-16-,20-17-,26-24-,27-25-,31-30-,34-33-,45-42-. The van der Waals surface area contributed by atoms with E-state index in [0.29, 0.717) is 19.3 Å². The van der Waals surface area contributed by atoms with Crippen molar-refractivity contribution in [2.75, 3.05) is 13.2 Å². The second-order valence-electron chi connectivity index (χ2n) is 22.0. The van der Waals surface area contributed by atoms with Gasteiger partial charge >= 0.3 is 17.9 Å². The zero-order valence-corrected chi connectivity index (χ0v) is 51.9. The fraction of sp³-hybridized carbons (Fsp3) is 0.712. The van der Waals surface area contributed by atoms with E-state index in [1.807, 2.05) is 0 Å². The van der Waals surface area contributed by atoms with Crippen molar-refractivity contribution in [3.05, 3.63) is 109 Å². The normalized spacial score (nSPS) is 12.8. The quantitative estimate of drug-likeness (QED) is 0.0261. The number of hydrogen-bond donors (Lipinski definition) is 0. The Morgan fingerprint density at radius 1 is 0.266 bits per heavy atom. The van der Waals surface area contributed by atoms with E-state index in [1.54, 1.807) is 0 Å². The molecule has 452 valence electrons. The fourth-order valence-electron chi connectivity index (χ4n) is 9.22. The van der Waals surface area contributed by atoms with Crippen LogP contribution < -0.4 is 0 Å². The van der Waals surface area contributed by atoms with E-state index in [2.05, 4.69) is 130 Å². The first-order valence-corrected chi connectivity index (χ1v) is 33.4. The lowest BCUT2D eigenvalue weighted by Crippen LogP contribution is -2.30. The van der Waals surface area contributed by atoms with Crippen molar-refractivity contribution in [2.24, 2.45) is 0 Å². The maximum Gasteiger partial charge on any atom is 0.306 e. The number of rotatable bonds is 60. The maximum atomic E-state index is 12.9. The number of hydrogen-bond acceptors (Lipinski definition) is 6. The van der Waals surface area contributed by atoms with Gasteiger partial charge in [0.15, 0.2) is 6.10 Å². The van der Waals surface area contributed by atoms with Gasteiger partial charge in [-0.15, -0.1) is 0 Å². The van der Waals surface area contributed by atoms with Crippen LogP contribution in [0.4, 0.5) is 0 Å². The van der Waals surface area contributed by atoms with Crippen LogP contribution in [0.15, 0.2) is 109 Å². The maximum absolute atomic E-state index is 12.9. The molecule has 0 amide bonds. The molecule has 6 nitrogen and oxygen atoms in total. The summed E-state index contributed by atoms with van der Waals surface area (Å²) in [5.74, 6) is -0.899. The molecule has 0 aliphatic heterocycles. The highest BCUT2D eigenvalue weighted by atomic mass is 16.6. The highest BCUT2D eigenvalue weighted by molar-refractivity contribution is 5.71. The molecule has 0 rings (SSSR count). The molecule has 0 spiro atoms. The van der Waals surface area contributed by atoms with Crippen molar-refractivity contribution in [1.82, 2.24) is 0 Å². The van der Waals surface area contributed by atoms with Crippen molar-refractivity contribution < 1.29 is 28.6 Å². The molecule has 0 fully saturated rings. The summed E-state index contributed by atoms with van der Waals surface area (Å²) in [5.41, 5.74) is 0. The van der Waals surface area contributed by atoms with Crippen LogP contribution in [0.5, 0.6) is 0 Å². The Kier molecular flexibility index (Phi) is 63.3. The zero-order chi connectivity index (χ0) is 57.1. The molecule has 0 aromatic carbocycles. The predicted octanol–water partition coefficient (Wildman–Crippen LogP) is 23.0. The largest absolute Gasteiger partial charge is 0.462 e. The molecule has 0 aliphatic rings. The van der Waals surface area contributed by atoms with Gasteiger partial charge in [-0.1, -0.05) is 284 Å². The minimum absolute atomic E-state index is 0.0849. The monoisotopic (exact) mass is 1100 g/mol. The van der Waals surface area contributed by atoms with Crippen LogP contribution >= 0.6 is 0 Å². The Morgan fingerprint density at radius 3 is 0.823 bits per heavy atom. The molecule has 0 aliphatic carbocycles. The predicted molar refractivity (Wildman–Crippen MR) is 343 cm³/mol. The highest BCUT2D eigenvalue weighted by Gasteiger charge is 2.19. The average molecular weight is 1100 g/mol. The molecule has 1 atom stereocenters. The topological polar surface area (TPSA) is 78.9 Å². The van der Waals surface area contributed by atoms with Gasteiger partial charge in [-0.25, -0.2) is 0 Å². The van der Waals surface area contributed by atoms with Gasteiger partial charge in [0.05, 0.1) is 0 Å². The number of carbonyl (C=O) groups is 3. The Labute approximate surface area is 489 Å².